The van der Waals surface area contributed by atoms with Crippen molar-refractivity contribution < 1.29 is 27.6 Å². The van der Waals surface area contributed by atoms with Crippen molar-refractivity contribution in [3.63, 3.8) is 0 Å². The third-order valence-electron chi connectivity index (χ3n) is 2.60. The Morgan fingerprint density at radius 2 is 2.10 bits per heavy atom. The fourth-order valence-corrected chi connectivity index (χ4v) is 3.77. The van der Waals surface area contributed by atoms with Crippen LogP contribution in [0.2, 0.25) is 0 Å². The van der Waals surface area contributed by atoms with E-state index in [9.17, 15) is 23.3 Å². The molecule has 0 saturated carbocycles. The lowest BCUT2D eigenvalue weighted by atomic mass is 10.2. The highest BCUT2D eigenvalue weighted by Crippen LogP contribution is 2.33. The molecule has 11 heteroatoms. The van der Waals surface area contributed by atoms with E-state index in [1.54, 1.807) is 0 Å². The van der Waals surface area contributed by atoms with E-state index in [4.69, 9.17) is 20.2 Å². The summed E-state index contributed by atoms with van der Waals surface area (Å²) in [5, 5.41) is 10.8. The van der Waals surface area contributed by atoms with Gasteiger partial charge < -0.3 is 9.47 Å². The maximum atomic E-state index is 12.0. The van der Waals surface area contributed by atoms with Crippen LogP contribution in [0.4, 0.5) is 5.69 Å². The van der Waals surface area contributed by atoms with Crippen molar-refractivity contribution in [1.82, 2.24) is 0 Å². The highest BCUT2D eigenvalue weighted by atomic mass is 79.9. The van der Waals surface area contributed by atoms with Crippen LogP contribution in [-0.2, 0) is 18.5 Å². The van der Waals surface area contributed by atoms with Gasteiger partial charge >= 0.3 is 5.97 Å². The number of benzene rings is 1. The average molecular weight is 401 g/mol. The van der Waals surface area contributed by atoms with Crippen LogP contribution in [0.3, 0.4) is 0 Å². The van der Waals surface area contributed by atoms with E-state index < -0.39 is 36.6 Å². The minimum atomic E-state index is -4.28. The lowest BCUT2D eigenvalue weighted by molar-refractivity contribution is -0.385. The van der Waals surface area contributed by atoms with Crippen LogP contribution in [0, 0.1) is 10.1 Å². The second-order valence-electron chi connectivity index (χ2n) is 4.07. The van der Waals surface area contributed by atoms with Crippen molar-refractivity contribution in [2.45, 2.75) is 11.0 Å². The number of halogens is 2. The van der Waals surface area contributed by atoms with Crippen molar-refractivity contribution in [3.05, 3.63) is 32.3 Å². The lowest BCUT2D eigenvalue weighted by Gasteiger charge is -2.25. The van der Waals surface area contributed by atoms with Crippen LogP contribution in [0.5, 0.6) is 0 Å². The van der Waals surface area contributed by atoms with Gasteiger partial charge in [-0.15, -0.1) is 0 Å². The van der Waals surface area contributed by atoms with Crippen LogP contribution in [0.1, 0.15) is 10.4 Å². The molecule has 0 aromatic heterocycles. The minimum Gasteiger partial charge on any atom is -0.454 e. The van der Waals surface area contributed by atoms with Gasteiger partial charge in [0.2, 0.25) is 0 Å². The summed E-state index contributed by atoms with van der Waals surface area (Å²) in [6.07, 6.45) is -0.459. The molecule has 1 aromatic carbocycles. The Morgan fingerprint density at radius 3 is 2.52 bits per heavy atom. The van der Waals surface area contributed by atoms with E-state index in [-0.39, 0.29) is 23.2 Å². The third-order valence-corrected chi connectivity index (χ3v) is 5.06. The van der Waals surface area contributed by atoms with Crippen molar-refractivity contribution in [3.8, 4) is 0 Å². The van der Waals surface area contributed by atoms with Gasteiger partial charge in [0.05, 0.1) is 28.2 Å². The molecule has 0 spiro atoms. The van der Waals surface area contributed by atoms with Gasteiger partial charge in [0.1, 0.15) is 11.0 Å². The number of carbonyl (C=O) groups excluding carboxylic acids is 1. The molecule has 114 valence electrons. The molecular weight excluding hydrogens is 394 g/mol. The summed E-state index contributed by atoms with van der Waals surface area (Å²) < 4.78 is 32.5. The summed E-state index contributed by atoms with van der Waals surface area (Å²) in [4.78, 5) is 21.4. The summed E-state index contributed by atoms with van der Waals surface area (Å²) in [6.45, 7) is 0.442. The maximum absolute atomic E-state index is 12.0. The highest BCUT2D eigenvalue weighted by molar-refractivity contribution is 9.10. The zero-order valence-electron chi connectivity index (χ0n) is 10.1. The predicted molar refractivity (Wildman–Crippen MR) is 73.9 cm³/mol. The number of non-ortho nitro benzene ring substituents is 1. The highest BCUT2D eigenvalue weighted by Gasteiger charge is 2.29. The molecular formula is C10H7BrClNO7S. The van der Waals surface area contributed by atoms with Gasteiger partial charge in [0.25, 0.3) is 14.7 Å². The standard InChI is InChI=1S/C10H7BrClNO7S/c11-9-7(10(14)20-6-3-19-4-6)1-5(13(15)16)2-8(9)21(12,17)18/h1-2,6H,3-4H2. The van der Waals surface area contributed by atoms with Crippen molar-refractivity contribution in [2.24, 2.45) is 0 Å². The predicted octanol–water partition coefficient (Wildman–Crippen LogP) is 1.84. The van der Waals surface area contributed by atoms with Gasteiger partial charge in [-0.25, -0.2) is 13.2 Å². The maximum Gasteiger partial charge on any atom is 0.340 e. The third kappa shape index (κ3) is 3.51. The normalized spacial score (nSPS) is 15.3. The Morgan fingerprint density at radius 1 is 1.48 bits per heavy atom. The molecule has 0 bridgehead atoms. The average Bonchev–Trinajstić information content (AvgIpc) is 2.32. The summed E-state index contributed by atoms with van der Waals surface area (Å²) in [7, 11) is 0.932. The fourth-order valence-electron chi connectivity index (χ4n) is 1.51. The monoisotopic (exact) mass is 399 g/mol. The Kier molecular flexibility index (Phi) is 4.51. The van der Waals surface area contributed by atoms with E-state index in [0.29, 0.717) is 0 Å². The van der Waals surface area contributed by atoms with Gasteiger partial charge in [0.15, 0.2) is 0 Å². The molecule has 0 atom stereocenters. The first-order chi connectivity index (χ1) is 9.70. The van der Waals surface area contributed by atoms with Crippen LogP contribution in [0.25, 0.3) is 0 Å². The minimum absolute atomic E-state index is 0.187. The van der Waals surface area contributed by atoms with Gasteiger partial charge in [-0.05, 0) is 15.9 Å². The molecule has 21 heavy (non-hydrogen) atoms. The zero-order valence-corrected chi connectivity index (χ0v) is 13.3. The number of esters is 1. The van der Waals surface area contributed by atoms with Crippen LogP contribution in [-0.4, -0.2) is 38.6 Å². The summed E-state index contributed by atoms with van der Waals surface area (Å²) in [5.74, 6) is -0.902. The number of carbonyl (C=O) groups is 1. The molecule has 0 radical (unpaired) electrons. The SMILES string of the molecule is O=C(OC1COC1)c1cc([N+](=O)[O-])cc(S(=O)(=O)Cl)c1Br. The Balaban J connectivity index is 2.50. The van der Waals surface area contributed by atoms with Gasteiger partial charge in [-0.1, -0.05) is 0 Å². The number of nitro groups is 1. The van der Waals surface area contributed by atoms with Crippen LogP contribution < -0.4 is 0 Å². The molecule has 0 amide bonds. The molecule has 0 N–H and O–H groups in total. The molecule has 1 aromatic rings. The first-order valence-electron chi connectivity index (χ1n) is 5.41. The number of hydrogen-bond donors (Lipinski definition) is 0. The number of rotatable bonds is 4. The van der Waals surface area contributed by atoms with E-state index >= 15 is 0 Å². The summed E-state index contributed by atoms with van der Waals surface area (Å²) in [5.41, 5.74) is -0.885. The largest absolute Gasteiger partial charge is 0.454 e. The topological polar surface area (TPSA) is 113 Å². The van der Waals surface area contributed by atoms with Gasteiger partial charge in [-0.2, -0.15) is 0 Å². The second-order valence-corrected chi connectivity index (χ2v) is 7.39. The second kappa shape index (κ2) is 5.87. The molecule has 2 rings (SSSR count). The Hall–Kier alpha value is -1.23. The summed E-state index contributed by atoms with van der Waals surface area (Å²) >= 11 is 2.91. The molecule has 0 aliphatic carbocycles. The molecule has 0 unspecified atom stereocenters. The number of nitro benzene ring substituents is 1. The van der Waals surface area contributed by atoms with Crippen molar-refractivity contribution >= 4 is 47.3 Å². The molecule has 8 nitrogen and oxygen atoms in total. The molecule has 1 fully saturated rings. The lowest BCUT2D eigenvalue weighted by Crippen LogP contribution is -2.37. The number of ether oxygens (including phenoxy) is 2. The van der Waals surface area contributed by atoms with E-state index in [1.807, 2.05) is 0 Å². The first-order valence-corrected chi connectivity index (χ1v) is 8.51. The molecule has 1 aliphatic heterocycles. The molecule has 1 aliphatic rings. The van der Waals surface area contributed by atoms with Crippen LogP contribution in [0.15, 0.2) is 21.5 Å². The van der Waals surface area contributed by atoms with Crippen molar-refractivity contribution in [2.75, 3.05) is 13.2 Å². The van der Waals surface area contributed by atoms with Crippen molar-refractivity contribution in [1.29, 1.82) is 0 Å². The first kappa shape index (κ1) is 16.1. The quantitative estimate of drug-likeness (QED) is 0.328. The molecule has 1 saturated heterocycles. The number of hydrogen-bond acceptors (Lipinski definition) is 7. The Labute approximate surface area is 131 Å². The Bertz CT molecular complexity index is 716. The smallest absolute Gasteiger partial charge is 0.340 e. The fraction of sp³-hybridized carbons (Fsp3) is 0.300. The summed E-state index contributed by atoms with van der Waals surface area (Å²) in [6, 6.07) is 1.67. The zero-order chi connectivity index (χ0) is 15.8. The van der Waals surface area contributed by atoms with E-state index in [2.05, 4.69) is 15.9 Å². The molecule has 1 heterocycles. The van der Waals surface area contributed by atoms with E-state index in [0.717, 1.165) is 12.1 Å². The van der Waals surface area contributed by atoms with Gasteiger partial charge in [-0.3, -0.25) is 10.1 Å². The number of nitrogens with zero attached hydrogens (tertiary/aromatic N) is 1. The van der Waals surface area contributed by atoms with E-state index in [1.165, 1.54) is 0 Å². The van der Waals surface area contributed by atoms with Gasteiger partial charge in [0, 0.05) is 22.8 Å². The van der Waals surface area contributed by atoms with Crippen LogP contribution >= 0.6 is 26.6 Å².